The van der Waals surface area contributed by atoms with Gasteiger partial charge in [-0.1, -0.05) is 37.1 Å². The molecule has 3 rings (SSSR count). The van der Waals surface area contributed by atoms with Crippen molar-refractivity contribution >= 4 is 29.9 Å². The zero-order chi connectivity index (χ0) is 19.6. The van der Waals surface area contributed by atoms with Crippen LogP contribution < -0.4 is 10.6 Å². The number of hydrogen-bond acceptors (Lipinski definition) is 3. The van der Waals surface area contributed by atoms with Crippen LogP contribution in [0.3, 0.4) is 0 Å². The number of aliphatic imine (C=N–C) groups is 1. The smallest absolute Gasteiger partial charge is 0.191 e. The quantitative estimate of drug-likeness (QED) is 0.305. The SMILES string of the molecule is CCNC(=NCc1ccccc1CN1CCCCCC1)NC1CCC(O)CC1.I. The van der Waals surface area contributed by atoms with Crippen molar-refractivity contribution in [2.24, 2.45) is 4.99 Å². The number of rotatable bonds is 6. The maximum absolute atomic E-state index is 9.72. The van der Waals surface area contributed by atoms with Crippen LogP contribution >= 0.6 is 24.0 Å². The van der Waals surface area contributed by atoms with Gasteiger partial charge >= 0.3 is 0 Å². The monoisotopic (exact) mass is 514 g/mol. The number of nitrogens with zero attached hydrogens (tertiary/aromatic N) is 2. The standard InChI is InChI=1S/C23H38N4O.HI/c1-2-24-23(26-21-11-13-22(28)14-12-21)25-17-19-9-5-6-10-20(19)18-27-15-7-3-4-8-16-27;/h5-6,9-10,21-22,28H,2-4,7-8,11-18H2,1H3,(H2,24,25,26);1H. The number of hydrogen-bond donors (Lipinski definition) is 3. The molecule has 0 unspecified atom stereocenters. The van der Waals surface area contributed by atoms with Gasteiger partial charge in [-0.2, -0.15) is 0 Å². The van der Waals surface area contributed by atoms with Crippen LogP contribution in [0.5, 0.6) is 0 Å². The van der Waals surface area contributed by atoms with Gasteiger partial charge in [-0.15, -0.1) is 24.0 Å². The summed E-state index contributed by atoms with van der Waals surface area (Å²) >= 11 is 0. The Labute approximate surface area is 193 Å². The Morgan fingerprint density at radius 2 is 1.69 bits per heavy atom. The third-order valence-electron chi connectivity index (χ3n) is 6.00. The van der Waals surface area contributed by atoms with E-state index in [0.29, 0.717) is 12.6 Å². The Balaban J connectivity index is 0.00000300. The zero-order valence-corrected chi connectivity index (χ0v) is 20.2. The van der Waals surface area contributed by atoms with Gasteiger partial charge in [-0.25, -0.2) is 4.99 Å². The van der Waals surface area contributed by atoms with Crippen molar-refractivity contribution in [3.05, 3.63) is 35.4 Å². The average Bonchev–Trinajstić information content (AvgIpc) is 2.98. The molecule has 5 nitrogen and oxygen atoms in total. The third-order valence-corrected chi connectivity index (χ3v) is 6.00. The van der Waals surface area contributed by atoms with Gasteiger partial charge in [0.2, 0.25) is 0 Å². The second kappa shape index (κ2) is 13.4. The van der Waals surface area contributed by atoms with E-state index in [0.717, 1.165) is 44.7 Å². The summed E-state index contributed by atoms with van der Waals surface area (Å²) in [5, 5.41) is 16.7. The van der Waals surface area contributed by atoms with Crippen molar-refractivity contribution in [1.29, 1.82) is 0 Å². The van der Waals surface area contributed by atoms with Crippen LogP contribution in [0.15, 0.2) is 29.3 Å². The molecule has 0 amide bonds. The summed E-state index contributed by atoms with van der Waals surface area (Å²) in [6.07, 6.45) is 9.06. The Bertz CT molecular complexity index is 609. The van der Waals surface area contributed by atoms with Gasteiger partial charge in [0.25, 0.3) is 0 Å². The number of aliphatic hydroxyl groups excluding tert-OH is 1. The molecule has 1 saturated heterocycles. The van der Waals surface area contributed by atoms with Crippen LogP contribution in [0.4, 0.5) is 0 Å². The fourth-order valence-electron chi connectivity index (χ4n) is 4.30. The highest BCUT2D eigenvalue weighted by atomic mass is 127. The summed E-state index contributed by atoms with van der Waals surface area (Å²) in [6, 6.07) is 9.17. The summed E-state index contributed by atoms with van der Waals surface area (Å²) in [5.41, 5.74) is 2.73. The predicted octanol–water partition coefficient (Wildman–Crippen LogP) is 4.04. The molecular weight excluding hydrogens is 475 g/mol. The number of guanidine groups is 1. The largest absolute Gasteiger partial charge is 0.393 e. The number of benzene rings is 1. The molecule has 6 heteroatoms. The Hall–Kier alpha value is -0.860. The van der Waals surface area contributed by atoms with E-state index in [1.165, 1.54) is 49.9 Å². The summed E-state index contributed by atoms with van der Waals surface area (Å²) in [4.78, 5) is 7.49. The molecule has 0 atom stereocenters. The summed E-state index contributed by atoms with van der Waals surface area (Å²) in [5.74, 6) is 0.897. The first-order valence-corrected chi connectivity index (χ1v) is 11.3. The predicted molar refractivity (Wildman–Crippen MR) is 132 cm³/mol. The molecule has 0 aromatic heterocycles. The fraction of sp³-hybridized carbons (Fsp3) is 0.696. The number of nitrogens with one attached hydrogen (secondary N) is 2. The first-order valence-electron chi connectivity index (χ1n) is 11.3. The van der Waals surface area contributed by atoms with E-state index in [2.05, 4.69) is 46.7 Å². The van der Waals surface area contributed by atoms with E-state index in [1.54, 1.807) is 0 Å². The number of aliphatic hydroxyl groups is 1. The van der Waals surface area contributed by atoms with Crippen molar-refractivity contribution in [2.75, 3.05) is 19.6 Å². The molecular formula is C23H39IN4O. The molecule has 1 saturated carbocycles. The minimum Gasteiger partial charge on any atom is -0.393 e. The van der Waals surface area contributed by atoms with Gasteiger partial charge in [0.15, 0.2) is 5.96 Å². The molecule has 164 valence electrons. The van der Waals surface area contributed by atoms with Crippen molar-refractivity contribution in [2.45, 2.75) is 83.5 Å². The Morgan fingerprint density at radius 3 is 2.34 bits per heavy atom. The van der Waals surface area contributed by atoms with Crippen LogP contribution in [-0.2, 0) is 13.1 Å². The van der Waals surface area contributed by atoms with Gasteiger partial charge in [-0.05, 0) is 69.7 Å². The highest BCUT2D eigenvalue weighted by molar-refractivity contribution is 14.0. The van der Waals surface area contributed by atoms with Gasteiger partial charge in [0.05, 0.1) is 12.6 Å². The molecule has 29 heavy (non-hydrogen) atoms. The van der Waals surface area contributed by atoms with Crippen LogP contribution in [0.25, 0.3) is 0 Å². The summed E-state index contributed by atoms with van der Waals surface area (Å²) in [6.45, 7) is 7.14. The number of halogens is 1. The lowest BCUT2D eigenvalue weighted by molar-refractivity contribution is 0.120. The fourth-order valence-corrected chi connectivity index (χ4v) is 4.30. The molecule has 2 fully saturated rings. The van der Waals surface area contributed by atoms with Crippen LogP contribution in [0.1, 0.15) is 69.4 Å². The first kappa shape index (κ1) is 24.4. The van der Waals surface area contributed by atoms with E-state index in [9.17, 15) is 5.11 Å². The minimum atomic E-state index is -0.122. The van der Waals surface area contributed by atoms with Crippen molar-refractivity contribution in [3.8, 4) is 0 Å². The molecule has 3 N–H and O–H groups in total. The van der Waals surface area contributed by atoms with Crippen molar-refractivity contribution < 1.29 is 5.11 Å². The van der Waals surface area contributed by atoms with Crippen LogP contribution in [0, 0.1) is 0 Å². The Kier molecular flexibility index (Phi) is 11.3. The van der Waals surface area contributed by atoms with Gasteiger partial charge in [0.1, 0.15) is 0 Å². The summed E-state index contributed by atoms with van der Waals surface area (Å²) in [7, 11) is 0. The van der Waals surface area contributed by atoms with Crippen LogP contribution in [-0.4, -0.2) is 47.7 Å². The molecule has 2 aliphatic rings. The highest BCUT2D eigenvalue weighted by Crippen LogP contribution is 2.19. The van der Waals surface area contributed by atoms with Crippen molar-refractivity contribution in [1.82, 2.24) is 15.5 Å². The maximum Gasteiger partial charge on any atom is 0.191 e. The van der Waals surface area contributed by atoms with E-state index in [1.807, 2.05) is 0 Å². The van der Waals surface area contributed by atoms with Crippen LogP contribution in [0.2, 0.25) is 0 Å². The Morgan fingerprint density at radius 1 is 1.03 bits per heavy atom. The van der Waals surface area contributed by atoms with E-state index >= 15 is 0 Å². The normalized spacial score (nSPS) is 23.7. The highest BCUT2D eigenvalue weighted by Gasteiger charge is 2.20. The molecule has 1 aromatic rings. The van der Waals surface area contributed by atoms with Crippen molar-refractivity contribution in [3.63, 3.8) is 0 Å². The second-order valence-electron chi connectivity index (χ2n) is 8.30. The molecule has 1 aromatic carbocycles. The molecule has 1 aliphatic heterocycles. The van der Waals surface area contributed by atoms with E-state index < -0.39 is 0 Å². The van der Waals surface area contributed by atoms with Gasteiger partial charge < -0.3 is 15.7 Å². The molecule has 0 bridgehead atoms. The molecule has 1 aliphatic carbocycles. The lowest BCUT2D eigenvalue weighted by Gasteiger charge is -2.27. The summed E-state index contributed by atoms with van der Waals surface area (Å²) < 4.78 is 0. The van der Waals surface area contributed by atoms with E-state index in [4.69, 9.17) is 4.99 Å². The third kappa shape index (κ3) is 8.42. The topological polar surface area (TPSA) is 59.9 Å². The van der Waals surface area contributed by atoms with Gasteiger partial charge in [-0.3, -0.25) is 4.90 Å². The van der Waals surface area contributed by atoms with Gasteiger partial charge in [0, 0.05) is 19.1 Å². The minimum absolute atomic E-state index is 0. The first-order chi connectivity index (χ1) is 13.7. The number of likely N-dealkylation sites (tertiary alicyclic amines) is 1. The van der Waals surface area contributed by atoms with E-state index in [-0.39, 0.29) is 30.1 Å². The maximum atomic E-state index is 9.72. The lowest BCUT2D eigenvalue weighted by atomic mass is 9.93. The second-order valence-corrected chi connectivity index (χ2v) is 8.30. The zero-order valence-electron chi connectivity index (χ0n) is 17.9. The molecule has 0 spiro atoms. The molecule has 0 radical (unpaired) electrons. The lowest BCUT2D eigenvalue weighted by Crippen LogP contribution is -2.45. The average molecular weight is 514 g/mol. The molecule has 1 heterocycles.